The number of carbonyl (C=O) groups excluding carboxylic acids is 1. The van der Waals surface area contributed by atoms with Crippen LogP contribution in [0.15, 0.2) is 48.5 Å². The van der Waals surface area contributed by atoms with Crippen LogP contribution in [0.1, 0.15) is 17.5 Å². The van der Waals surface area contributed by atoms with E-state index in [1.807, 2.05) is 44.2 Å². The second-order valence-corrected chi connectivity index (χ2v) is 5.81. The van der Waals surface area contributed by atoms with Crippen LogP contribution in [0.3, 0.4) is 0 Å². The van der Waals surface area contributed by atoms with Crippen molar-refractivity contribution in [2.45, 2.75) is 20.3 Å². The molecule has 0 unspecified atom stereocenters. The molecule has 2 N–H and O–H groups in total. The molecule has 0 spiro atoms. The molecule has 0 bridgehead atoms. The summed E-state index contributed by atoms with van der Waals surface area (Å²) in [6, 6.07) is 16.1. The second kappa shape index (κ2) is 8.22. The third-order valence-corrected chi connectivity index (χ3v) is 3.78. The lowest BCUT2D eigenvalue weighted by molar-refractivity contribution is 0.252. The molecule has 2 aromatic rings. The van der Waals surface area contributed by atoms with E-state index in [1.165, 1.54) is 11.3 Å². The van der Waals surface area contributed by atoms with E-state index in [2.05, 4.69) is 40.8 Å². The summed E-state index contributed by atoms with van der Waals surface area (Å²) in [4.78, 5) is 14.1. The lowest BCUT2D eigenvalue weighted by atomic mass is 10.1. The number of benzene rings is 2. The lowest BCUT2D eigenvalue weighted by Gasteiger charge is -2.19. The average Bonchev–Trinajstić information content (AvgIpc) is 2.55. The largest absolute Gasteiger partial charge is 0.375 e. The highest BCUT2D eigenvalue weighted by atomic mass is 16.2. The highest BCUT2D eigenvalue weighted by Gasteiger charge is 2.04. The predicted molar refractivity (Wildman–Crippen MR) is 97.3 cm³/mol. The van der Waals surface area contributed by atoms with E-state index in [1.54, 1.807) is 0 Å². The summed E-state index contributed by atoms with van der Waals surface area (Å²) in [6.07, 6.45) is 0.895. The van der Waals surface area contributed by atoms with Gasteiger partial charge in [0.2, 0.25) is 0 Å². The zero-order valence-electron chi connectivity index (χ0n) is 14.1. The van der Waals surface area contributed by atoms with Crippen molar-refractivity contribution >= 4 is 17.4 Å². The van der Waals surface area contributed by atoms with Gasteiger partial charge in [-0.25, -0.2) is 4.79 Å². The van der Waals surface area contributed by atoms with Gasteiger partial charge in [-0.05, 0) is 44.0 Å². The molecule has 0 radical (unpaired) electrons. The molecule has 0 saturated heterocycles. The Balaban J connectivity index is 1.71. The molecule has 2 amide bonds. The summed E-state index contributed by atoms with van der Waals surface area (Å²) in [5, 5.41) is 5.80. The van der Waals surface area contributed by atoms with Crippen LogP contribution < -0.4 is 15.5 Å². The number of urea groups is 1. The van der Waals surface area contributed by atoms with Crippen molar-refractivity contribution in [3.05, 3.63) is 59.7 Å². The van der Waals surface area contributed by atoms with Gasteiger partial charge in [0, 0.05) is 31.5 Å². The molecule has 0 heterocycles. The van der Waals surface area contributed by atoms with Crippen molar-refractivity contribution in [3.63, 3.8) is 0 Å². The number of hydrogen-bond donors (Lipinski definition) is 2. The first kappa shape index (κ1) is 16.9. The van der Waals surface area contributed by atoms with Crippen molar-refractivity contribution in [1.29, 1.82) is 0 Å². The van der Waals surface area contributed by atoms with E-state index in [4.69, 9.17) is 0 Å². The molecule has 0 aliphatic carbocycles. The maximum Gasteiger partial charge on any atom is 0.319 e. The monoisotopic (exact) mass is 311 g/mol. The minimum atomic E-state index is -0.153. The molecule has 4 nitrogen and oxygen atoms in total. The smallest absolute Gasteiger partial charge is 0.319 e. The first-order chi connectivity index (χ1) is 11.1. The molecular formula is C19H25N3O. The molecule has 0 aliphatic rings. The van der Waals surface area contributed by atoms with Crippen molar-refractivity contribution in [3.8, 4) is 0 Å². The number of anilines is 2. The Kier molecular flexibility index (Phi) is 6.03. The molecule has 23 heavy (non-hydrogen) atoms. The summed E-state index contributed by atoms with van der Waals surface area (Å²) in [5.74, 6) is 0. The van der Waals surface area contributed by atoms with E-state index >= 15 is 0 Å². The van der Waals surface area contributed by atoms with Gasteiger partial charge in [0.25, 0.3) is 0 Å². The van der Waals surface area contributed by atoms with Crippen LogP contribution in [0.4, 0.5) is 16.2 Å². The molecule has 0 aromatic heterocycles. The molecule has 0 atom stereocenters. The standard InChI is InChI=1S/C19H25N3O/c1-15-10-11-18(16(2)14-15)21-19(23)20-12-7-13-22(3)17-8-5-4-6-9-17/h4-6,8-11,14H,7,12-13H2,1-3H3,(H2,20,21,23). The number of hydrogen-bond acceptors (Lipinski definition) is 2. The average molecular weight is 311 g/mol. The zero-order chi connectivity index (χ0) is 16.7. The first-order valence-electron chi connectivity index (χ1n) is 7.94. The van der Waals surface area contributed by atoms with Crippen LogP contribution in [0, 0.1) is 13.8 Å². The maximum absolute atomic E-state index is 11.9. The van der Waals surface area contributed by atoms with Gasteiger partial charge in [-0.1, -0.05) is 35.9 Å². The third kappa shape index (κ3) is 5.33. The van der Waals surface area contributed by atoms with Crippen LogP contribution >= 0.6 is 0 Å². The summed E-state index contributed by atoms with van der Waals surface area (Å²) in [5.41, 5.74) is 4.31. The minimum Gasteiger partial charge on any atom is -0.375 e. The molecule has 0 saturated carbocycles. The van der Waals surface area contributed by atoms with E-state index in [-0.39, 0.29) is 6.03 Å². The molecular weight excluding hydrogens is 286 g/mol. The van der Waals surface area contributed by atoms with Gasteiger partial charge < -0.3 is 15.5 Å². The van der Waals surface area contributed by atoms with Crippen LogP contribution in [0.5, 0.6) is 0 Å². The summed E-state index contributed by atoms with van der Waals surface area (Å²) in [6.45, 7) is 5.58. The molecule has 0 aliphatic heterocycles. The molecule has 2 aromatic carbocycles. The number of nitrogens with zero attached hydrogens (tertiary/aromatic N) is 1. The number of amides is 2. The van der Waals surface area contributed by atoms with Gasteiger partial charge in [0.05, 0.1) is 0 Å². The van der Waals surface area contributed by atoms with Crippen molar-refractivity contribution in [1.82, 2.24) is 5.32 Å². The van der Waals surface area contributed by atoms with Gasteiger partial charge in [0.15, 0.2) is 0 Å². The fourth-order valence-corrected chi connectivity index (χ4v) is 2.45. The number of carbonyl (C=O) groups is 1. The van der Waals surface area contributed by atoms with Gasteiger partial charge in [-0.2, -0.15) is 0 Å². The molecule has 2 rings (SSSR count). The van der Waals surface area contributed by atoms with E-state index < -0.39 is 0 Å². The quantitative estimate of drug-likeness (QED) is 0.793. The fraction of sp³-hybridized carbons (Fsp3) is 0.316. The third-order valence-electron chi connectivity index (χ3n) is 3.78. The van der Waals surface area contributed by atoms with Gasteiger partial charge in [-0.3, -0.25) is 0 Å². The Morgan fingerprint density at radius 3 is 2.52 bits per heavy atom. The number of rotatable bonds is 6. The zero-order valence-corrected chi connectivity index (χ0v) is 14.1. The van der Waals surface area contributed by atoms with Crippen LogP contribution in [-0.2, 0) is 0 Å². The highest BCUT2D eigenvalue weighted by molar-refractivity contribution is 5.90. The van der Waals surface area contributed by atoms with E-state index in [9.17, 15) is 4.79 Å². The number of aryl methyl sites for hydroxylation is 2. The van der Waals surface area contributed by atoms with Crippen LogP contribution in [-0.4, -0.2) is 26.2 Å². The normalized spacial score (nSPS) is 10.2. The minimum absolute atomic E-state index is 0.153. The van der Waals surface area contributed by atoms with E-state index in [0.717, 1.165) is 24.2 Å². The van der Waals surface area contributed by atoms with Crippen LogP contribution in [0.2, 0.25) is 0 Å². The summed E-state index contributed by atoms with van der Waals surface area (Å²) < 4.78 is 0. The van der Waals surface area contributed by atoms with Crippen LogP contribution in [0.25, 0.3) is 0 Å². The fourth-order valence-electron chi connectivity index (χ4n) is 2.45. The van der Waals surface area contributed by atoms with Gasteiger partial charge >= 0.3 is 6.03 Å². The number of nitrogens with one attached hydrogen (secondary N) is 2. The predicted octanol–water partition coefficient (Wildman–Crippen LogP) is 3.95. The second-order valence-electron chi connectivity index (χ2n) is 5.81. The van der Waals surface area contributed by atoms with Crippen molar-refractivity contribution in [2.75, 3.05) is 30.4 Å². The summed E-state index contributed by atoms with van der Waals surface area (Å²) >= 11 is 0. The Labute approximate surface area is 138 Å². The molecule has 4 heteroatoms. The Morgan fingerprint density at radius 2 is 1.83 bits per heavy atom. The van der Waals surface area contributed by atoms with Crippen molar-refractivity contribution < 1.29 is 4.79 Å². The van der Waals surface area contributed by atoms with Crippen molar-refractivity contribution in [2.24, 2.45) is 0 Å². The lowest BCUT2D eigenvalue weighted by Crippen LogP contribution is -2.31. The Hall–Kier alpha value is -2.49. The maximum atomic E-state index is 11.9. The number of para-hydroxylation sites is 1. The topological polar surface area (TPSA) is 44.4 Å². The highest BCUT2D eigenvalue weighted by Crippen LogP contribution is 2.15. The Morgan fingerprint density at radius 1 is 1.09 bits per heavy atom. The first-order valence-corrected chi connectivity index (χ1v) is 7.94. The van der Waals surface area contributed by atoms with E-state index in [0.29, 0.717) is 6.54 Å². The summed E-state index contributed by atoms with van der Waals surface area (Å²) in [7, 11) is 2.06. The molecule has 122 valence electrons. The SMILES string of the molecule is Cc1ccc(NC(=O)NCCCN(C)c2ccccc2)c(C)c1. The Bertz CT molecular complexity index is 640. The van der Waals surface area contributed by atoms with Gasteiger partial charge in [-0.15, -0.1) is 0 Å². The molecule has 0 fully saturated rings. The van der Waals surface area contributed by atoms with Gasteiger partial charge in [0.1, 0.15) is 0 Å².